The molecule has 0 aliphatic carbocycles. The van der Waals surface area contributed by atoms with Gasteiger partial charge in [0.05, 0.1) is 23.5 Å². The minimum Gasteiger partial charge on any atom is -0.497 e. The van der Waals surface area contributed by atoms with Crippen molar-refractivity contribution in [3.05, 3.63) is 78.1 Å². The average Bonchev–Trinajstić information content (AvgIpc) is 3.45. The molecule has 0 saturated carbocycles. The van der Waals surface area contributed by atoms with Crippen LogP contribution in [-0.4, -0.2) is 52.3 Å². The highest BCUT2D eigenvalue weighted by molar-refractivity contribution is 7.91. The Morgan fingerprint density at radius 3 is 2.52 bits per heavy atom. The molecule has 174 valence electrons. The molecule has 1 fully saturated rings. The molecule has 0 unspecified atom stereocenters. The van der Waals surface area contributed by atoms with E-state index in [0.717, 1.165) is 5.56 Å². The molecule has 0 bridgehead atoms. The number of hydrogen-bond acceptors (Lipinski definition) is 7. The lowest BCUT2D eigenvalue weighted by Crippen LogP contribution is -2.40. The van der Waals surface area contributed by atoms with Crippen LogP contribution in [0.3, 0.4) is 0 Å². The number of rotatable bonds is 7. The number of sulfone groups is 2. The second kappa shape index (κ2) is 9.03. The summed E-state index contributed by atoms with van der Waals surface area (Å²) in [5.41, 5.74) is 0.746. The Labute approximate surface area is 192 Å². The van der Waals surface area contributed by atoms with Crippen molar-refractivity contribution in [3.63, 3.8) is 0 Å². The second-order valence-electron chi connectivity index (χ2n) is 7.78. The maximum Gasteiger partial charge on any atom is 0.290 e. The van der Waals surface area contributed by atoms with E-state index in [9.17, 15) is 21.6 Å². The Kier molecular flexibility index (Phi) is 6.31. The van der Waals surface area contributed by atoms with Gasteiger partial charge in [0.15, 0.2) is 15.6 Å². The van der Waals surface area contributed by atoms with E-state index in [2.05, 4.69) is 0 Å². The Balaban J connectivity index is 1.65. The third-order valence-electron chi connectivity index (χ3n) is 5.51. The molecule has 8 nitrogen and oxygen atoms in total. The molecular formula is C23H23NO7S2. The van der Waals surface area contributed by atoms with Gasteiger partial charge < -0.3 is 14.1 Å². The summed E-state index contributed by atoms with van der Waals surface area (Å²) in [4.78, 5) is 14.9. The van der Waals surface area contributed by atoms with Gasteiger partial charge in [-0.05, 0) is 48.4 Å². The number of furan rings is 1. The summed E-state index contributed by atoms with van der Waals surface area (Å²) in [5, 5.41) is -0.350. The van der Waals surface area contributed by atoms with Gasteiger partial charge in [0.2, 0.25) is 14.9 Å². The molecule has 1 saturated heterocycles. The molecule has 3 aromatic rings. The molecule has 1 aromatic heterocycles. The molecule has 1 aliphatic rings. The first-order valence-electron chi connectivity index (χ1n) is 10.2. The first kappa shape index (κ1) is 23.1. The Morgan fingerprint density at radius 1 is 1.09 bits per heavy atom. The molecule has 2 heterocycles. The fourth-order valence-electron chi connectivity index (χ4n) is 3.79. The van der Waals surface area contributed by atoms with E-state index in [0.29, 0.717) is 12.2 Å². The van der Waals surface area contributed by atoms with Gasteiger partial charge in [0.1, 0.15) is 5.75 Å². The highest BCUT2D eigenvalue weighted by Crippen LogP contribution is 2.27. The molecule has 0 N–H and O–H groups in total. The van der Waals surface area contributed by atoms with E-state index < -0.39 is 31.6 Å². The lowest BCUT2D eigenvalue weighted by atomic mass is 10.1. The van der Waals surface area contributed by atoms with Crippen molar-refractivity contribution in [1.82, 2.24) is 4.90 Å². The van der Waals surface area contributed by atoms with Crippen molar-refractivity contribution in [1.29, 1.82) is 0 Å². The number of methoxy groups -OCH3 is 1. The van der Waals surface area contributed by atoms with Crippen molar-refractivity contribution in [2.75, 3.05) is 18.6 Å². The van der Waals surface area contributed by atoms with Gasteiger partial charge in [0, 0.05) is 12.6 Å². The van der Waals surface area contributed by atoms with Crippen LogP contribution in [0.15, 0.2) is 81.1 Å². The standard InChI is InChI=1S/C23H23NO7S2/c1-30-19-7-5-6-17(14-19)15-24(18-12-13-32(26,27)16-18)23(25)21-10-11-22(31-21)33(28,29)20-8-3-2-4-9-20/h2-11,14,18H,12-13,15-16H2,1H3/t18-/m1/s1. The van der Waals surface area contributed by atoms with Gasteiger partial charge in [-0.3, -0.25) is 4.79 Å². The second-order valence-corrected chi connectivity index (χ2v) is 11.9. The van der Waals surface area contributed by atoms with Crippen LogP contribution in [0, 0.1) is 0 Å². The number of carbonyl (C=O) groups is 1. The van der Waals surface area contributed by atoms with E-state index >= 15 is 0 Å². The zero-order chi connectivity index (χ0) is 23.6. The van der Waals surface area contributed by atoms with Crippen molar-refractivity contribution in [2.24, 2.45) is 0 Å². The summed E-state index contributed by atoms with van der Waals surface area (Å²) in [6, 6.07) is 16.9. The molecule has 1 amide bonds. The molecule has 4 rings (SSSR count). The fraction of sp³-hybridized carbons (Fsp3) is 0.261. The van der Waals surface area contributed by atoms with Crippen LogP contribution < -0.4 is 4.74 Å². The van der Waals surface area contributed by atoms with Crippen LogP contribution >= 0.6 is 0 Å². The molecule has 1 aliphatic heterocycles. The maximum atomic E-state index is 13.4. The SMILES string of the molecule is COc1cccc(CN(C(=O)c2ccc(S(=O)(=O)c3ccccc3)o2)[C@@H]2CCS(=O)(=O)C2)c1. The minimum absolute atomic E-state index is 0.00858. The third-order valence-corrected chi connectivity index (χ3v) is 8.90. The number of amides is 1. The number of hydrogen-bond donors (Lipinski definition) is 0. The van der Waals surface area contributed by atoms with Crippen LogP contribution in [-0.2, 0) is 26.2 Å². The van der Waals surface area contributed by atoms with Crippen molar-refractivity contribution in [2.45, 2.75) is 29.0 Å². The van der Waals surface area contributed by atoms with E-state index in [1.807, 2.05) is 0 Å². The summed E-state index contributed by atoms with van der Waals surface area (Å²) >= 11 is 0. The lowest BCUT2D eigenvalue weighted by Gasteiger charge is -2.27. The van der Waals surface area contributed by atoms with Crippen LogP contribution in [0.25, 0.3) is 0 Å². The Hall–Kier alpha value is -3.11. The van der Waals surface area contributed by atoms with Crippen molar-refractivity contribution < 1.29 is 30.8 Å². The third kappa shape index (κ3) is 4.96. The normalized spacial score (nSPS) is 17.5. The molecule has 2 aromatic carbocycles. The quantitative estimate of drug-likeness (QED) is 0.502. The zero-order valence-electron chi connectivity index (χ0n) is 17.9. The molecule has 0 radical (unpaired) electrons. The Morgan fingerprint density at radius 2 is 1.85 bits per heavy atom. The lowest BCUT2D eigenvalue weighted by molar-refractivity contribution is 0.0642. The number of ether oxygens (including phenoxy) is 1. The van der Waals surface area contributed by atoms with Crippen LogP contribution in [0.4, 0.5) is 0 Å². The summed E-state index contributed by atoms with van der Waals surface area (Å²) in [5.74, 6) is -0.302. The molecule has 0 spiro atoms. The predicted molar refractivity (Wildman–Crippen MR) is 121 cm³/mol. The number of benzene rings is 2. The minimum atomic E-state index is -3.93. The highest BCUT2D eigenvalue weighted by Gasteiger charge is 2.36. The van der Waals surface area contributed by atoms with Crippen LogP contribution in [0.5, 0.6) is 5.75 Å². The van der Waals surface area contributed by atoms with Crippen molar-refractivity contribution >= 4 is 25.6 Å². The van der Waals surface area contributed by atoms with Gasteiger partial charge in [0.25, 0.3) is 5.91 Å². The van der Waals surface area contributed by atoms with E-state index in [1.165, 1.54) is 36.3 Å². The fourth-order valence-corrected chi connectivity index (χ4v) is 6.72. The average molecular weight is 490 g/mol. The number of carbonyl (C=O) groups excluding carboxylic acids is 1. The first-order chi connectivity index (χ1) is 15.7. The van der Waals surface area contributed by atoms with Gasteiger partial charge in [-0.25, -0.2) is 16.8 Å². The monoisotopic (exact) mass is 489 g/mol. The van der Waals surface area contributed by atoms with Crippen molar-refractivity contribution in [3.8, 4) is 5.75 Å². The van der Waals surface area contributed by atoms with E-state index in [-0.39, 0.29) is 33.8 Å². The predicted octanol–water partition coefficient (Wildman–Crippen LogP) is 2.95. The molecule has 33 heavy (non-hydrogen) atoms. The van der Waals surface area contributed by atoms with Crippen LogP contribution in [0.1, 0.15) is 22.5 Å². The van der Waals surface area contributed by atoms with Gasteiger partial charge >= 0.3 is 0 Å². The zero-order valence-corrected chi connectivity index (χ0v) is 19.5. The first-order valence-corrected chi connectivity index (χ1v) is 13.5. The molecule has 1 atom stereocenters. The summed E-state index contributed by atoms with van der Waals surface area (Å²) < 4.78 is 60.6. The maximum absolute atomic E-state index is 13.4. The smallest absolute Gasteiger partial charge is 0.290 e. The highest BCUT2D eigenvalue weighted by atomic mass is 32.2. The van der Waals surface area contributed by atoms with E-state index in [4.69, 9.17) is 9.15 Å². The summed E-state index contributed by atoms with van der Waals surface area (Å²) in [6.45, 7) is 0.123. The Bertz CT molecular complexity index is 1360. The topological polar surface area (TPSA) is 111 Å². The van der Waals surface area contributed by atoms with E-state index in [1.54, 1.807) is 42.5 Å². The van der Waals surface area contributed by atoms with Gasteiger partial charge in [-0.2, -0.15) is 0 Å². The number of nitrogens with zero attached hydrogens (tertiary/aromatic N) is 1. The molecular weight excluding hydrogens is 466 g/mol. The van der Waals surface area contributed by atoms with Gasteiger partial charge in [-0.1, -0.05) is 30.3 Å². The van der Waals surface area contributed by atoms with Crippen LogP contribution in [0.2, 0.25) is 0 Å². The summed E-state index contributed by atoms with van der Waals surface area (Å²) in [6.07, 6.45) is 0.300. The largest absolute Gasteiger partial charge is 0.497 e. The molecule has 10 heteroatoms. The van der Waals surface area contributed by atoms with Gasteiger partial charge in [-0.15, -0.1) is 0 Å². The summed E-state index contributed by atoms with van der Waals surface area (Å²) in [7, 11) is -5.66.